The highest BCUT2D eigenvalue weighted by molar-refractivity contribution is 6.10. The number of rotatable bonds is 0. The molecule has 1 saturated heterocycles. The summed E-state index contributed by atoms with van der Waals surface area (Å²) in [6, 6.07) is 0. The zero-order chi connectivity index (χ0) is 18.5. The number of ether oxygens (including phenoxy) is 2. The summed E-state index contributed by atoms with van der Waals surface area (Å²) in [4.78, 5) is 14.9. The molecule has 0 spiro atoms. The minimum absolute atomic E-state index is 0.0600. The first-order valence-electron chi connectivity index (χ1n) is 9.51. The van der Waals surface area contributed by atoms with E-state index in [2.05, 4.69) is 31.1 Å². The molecular weight excluding hydrogens is 326 g/mol. The Kier molecular flexibility index (Phi) is 6.28. The molecule has 2 heterocycles. The lowest BCUT2D eigenvalue weighted by Crippen LogP contribution is -2.20. The molecule has 0 aromatic heterocycles. The zero-order valence-electron chi connectivity index (χ0n) is 16.1. The molecule has 0 amide bonds. The SMILES string of the molecule is CC1=CN(C)C=C(C)C1=C1C=C2COCCCCCCOCC(=C1)C2=O. The first-order valence-corrected chi connectivity index (χ1v) is 9.51. The zero-order valence-corrected chi connectivity index (χ0v) is 16.1. The van der Waals surface area contributed by atoms with Gasteiger partial charge in [0.1, 0.15) is 0 Å². The van der Waals surface area contributed by atoms with Crippen molar-refractivity contribution in [2.45, 2.75) is 39.5 Å². The molecule has 2 bridgehead atoms. The molecule has 0 aromatic carbocycles. The third-order valence-electron chi connectivity index (χ3n) is 4.96. The Hall–Kier alpha value is -1.91. The highest BCUT2D eigenvalue weighted by Gasteiger charge is 2.23. The highest BCUT2D eigenvalue weighted by Crippen LogP contribution is 2.32. The number of Topliss-reactive ketones (excluding diaryl/α,β-unsaturated/α-hetero) is 1. The lowest BCUT2D eigenvalue weighted by molar-refractivity contribution is -0.113. The van der Waals surface area contributed by atoms with Gasteiger partial charge in [-0.15, -0.1) is 0 Å². The van der Waals surface area contributed by atoms with E-state index in [4.69, 9.17) is 9.47 Å². The van der Waals surface area contributed by atoms with E-state index < -0.39 is 0 Å². The van der Waals surface area contributed by atoms with Gasteiger partial charge in [0.25, 0.3) is 0 Å². The van der Waals surface area contributed by atoms with Gasteiger partial charge in [-0.25, -0.2) is 0 Å². The van der Waals surface area contributed by atoms with Crippen molar-refractivity contribution >= 4 is 5.78 Å². The fourth-order valence-electron chi connectivity index (χ4n) is 3.78. The Labute approximate surface area is 156 Å². The maximum Gasteiger partial charge on any atom is 0.189 e. The molecule has 1 fully saturated rings. The quantitative estimate of drug-likeness (QED) is 0.656. The van der Waals surface area contributed by atoms with Crippen LogP contribution in [0.2, 0.25) is 0 Å². The van der Waals surface area contributed by atoms with Gasteiger partial charge in [-0.05, 0) is 61.1 Å². The van der Waals surface area contributed by atoms with Crippen molar-refractivity contribution in [3.63, 3.8) is 0 Å². The van der Waals surface area contributed by atoms with E-state index in [0.29, 0.717) is 26.4 Å². The van der Waals surface area contributed by atoms with Crippen LogP contribution in [0.15, 0.2) is 58.0 Å². The predicted molar refractivity (Wildman–Crippen MR) is 104 cm³/mol. The van der Waals surface area contributed by atoms with Gasteiger partial charge in [-0.3, -0.25) is 4.79 Å². The molecule has 0 unspecified atom stereocenters. The fraction of sp³-hybridized carbons (Fsp3) is 0.500. The van der Waals surface area contributed by atoms with Gasteiger partial charge in [0.15, 0.2) is 5.78 Å². The van der Waals surface area contributed by atoms with E-state index in [-0.39, 0.29) is 5.78 Å². The van der Waals surface area contributed by atoms with Gasteiger partial charge < -0.3 is 14.4 Å². The molecule has 0 N–H and O–H groups in total. The van der Waals surface area contributed by atoms with Crippen molar-refractivity contribution in [2.24, 2.45) is 0 Å². The van der Waals surface area contributed by atoms with Crippen LogP contribution in [0.5, 0.6) is 0 Å². The number of allylic oxidation sites excluding steroid dienone is 6. The number of fused-ring (bicyclic) bond motifs is 2. The Balaban J connectivity index is 1.97. The number of nitrogens with zero attached hydrogens (tertiary/aromatic N) is 1. The van der Waals surface area contributed by atoms with E-state index in [9.17, 15) is 4.79 Å². The number of hydrogen-bond donors (Lipinski definition) is 0. The van der Waals surface area contributed by atoms with Crippen molar-refractivity contribution in [2.75, 3.05) is 33.5 Å². The van der Waals surface area contributed by atoms with E-state index >= 15 is 0 Å². The van der Waals surface area contributed by atoms with Crippen LogP contribution < -0.4 is 0 Å². The van der Waals surface area contributed by atoms with E-state index in [1.54, 1.807) is 0 Å². The van der Waals surface area contributed by atoms with Crippen molar-refractivity contribution in [1.82, 2.24) is 4.90 Å². The normalized spacial score (nSPS) is 23.2. The topological polar surface area (TPSA) is 38.8 Å². The van der Waals surface area contributed by atoms with Gasteiger partial charge in [0.05, 0.1) is 13.2 Å². The van der Waals surface area contributed by atoms with Crippen molar-refractivity contribution < 1.29 is 14.3 Å². The Morgan fingerprint density at radius 2 is 1.35 bits per heavy atom. The lowest BCUT2D eigenvalue weighted by atomic mass is 9.86. The van der Waals surface area contributed by atoms with E-state index in [1.165, 1.54) is 16.7 Å². The first kappa shape index (κ1) is 18.9. The monoisotopic (exact) mass is 355 g/mol. The molecule has 1 aliphatic carbocycles. The Bertz CT molecular complexity index is 666. The van der Waals surface area contributed by atoms with Crippen LogP contribution in [0.3, 0.4) is 0 Å². The third kappa shape index (κ3) is 4.43. The van der Waals surface area contributed by atoms with Crippen LogP contribution in [0.1, 0.15) is 39.5 Å². The number of carbonyl (C=O) groups is 1. The standard InChI is InChI=1S/C22H29NO3/c1-16-12-23(3)13-17(2)21(16)18-10-19-14-25-8-6-4-5-7-9-26-15-20(11-18)22(19)24/h10-13H,4-9,14-15H2,1-3H3. The molecule has 2 aliphatic heterocycles. The molecule has 0 saturated carbocycles. The second kappa shape index (κ2) is 8.65. The summed E-state index contributed by atoms with van der Waals surface area (Å²) in [7, 11) is 2.03. The largest absolute Gasteiger partial charge is 0.377 e. The van der Waals surface area contributed by atoms with Crippen LogP contribution in [-0.2, 0) is 14.3 Å². The predicted octanol–water partition coefficient (Wildman–Crippen LogP) is 4.08. The summed E-state index contributed by atoms with van der Waals surface area (Å²) in [5.41, 5.74) is 6.12. The van der Waals surface area contributed by atoms with Crippen LogP contribution >= 0.6 is 0 Å². The molecule has 3 aliphatic rings. The maximum atomic E-state index is 12.8. The van der Waals surface area contributed by atoms with Gasteiger partial charge in [0.2, 0.25) is 0 Å². The van der Waals surface area contributed by atoms with E-state index in [1.807, 2.05) is 19.2 Å². The molecular formula is C22H29NO3. The molecule has 26 heavy (non-hydrogen) atoms. The maximum absolute atomic E-state index is 12.8. The molecule has 0 atom stereocenters. The Morgan fingerprint density at radius 3 is 1.85 bits per heavy atom. The molecule has 140 valence electrons. The average molecular weight is 355 g/mol. The van der Waals surface area contributed by atoms with Gasteiger partial charge in [-0.2, -0.15) is 0 Å². The summed E-state index contributed by atoms with van der Waals surface area (Å²) in [6.07, 6.45) is 12.6. The van der Waals surface area contributed by atoms with Crippen LogP contribution in [-0.4, -0.2) is 44.2 Å². The highest BCUT2D eigenvalue weighted by atomic mass is 16.5. The van der Waals surface area contributed by atoms with Gasteiger partial charge in [0, 0.05) is 43.8 Å². The van der Waals surface area contributed by atoms with Crippen molar-refractivity contribution in [3.05, 3.63) is 58.0 Å². The summed E-state index contributed by atoms with van der Waals surface area (Å²) < 4.78 is 11.6. The minimum Gasteiger partial charge on any atom is -0.377 e. The first-order chi connectivity index (χ1) is 12.6. The van der Waals surface area contributed by atoms with E-state index in [0.717, 1.165) is 42.4 Å². The molecule has 4 heteroatoms. The second-order valence-electron chi connectivity index (χ2n) is 7.31. The smallest absolute Gasteiger partial charge is 0.189 e. The molecule has 4 nitrogen and oxygen atoms in total. The molecule has 3 rings (SSSR count). The number of carbonyl (C=O) groups excluding carboxylic acids is 1. The second-order valence-corrected chi connectivity index (χ2v) is 7.31. The fourth-order valence-corrected chi connectivity index (χ4v) is 3.78. The van der Waals surface area contributed by atoms with Gasteiger partial charge in [-0.1, -0.05) is 12.8 Å². The number of ketones is 1. The van der Waals surface area contributed by atoms with Crippen LogP contribution in [0.4, 0.5) is 0 Å². The van der Waals surface area contributed by atoms with Crippen molar-refractivity contribution in [1.29, 1.82) is 0 Å². The number of hydrogen-bond acceptors (Lipinski definition) is 4. The molecule has 0 radical (unpaired) electrons. The third-order valence-corrected chi connectivity index (χ3v) is 4.96. The summed E-state index contributed by atoms with van der Waals surface area (Å²) >= 11 is 0. The lowest BCUT2D eigenvalue weighted by Gasteiger charge is -2.24. The Morgan fingerprint density at radius 1 is 0.846 bits per heavy atom. The summed E-state index contributed by atoms with van der Waals surface area (Å²) in [5.74, 6) is 0.0600. The van der Waals surface area contributed by atoms with Crippen LogP contribution in [0, 0.1) is 0 Å². The average Bonchev–Trinajstić information content (AvgIpc) is 2.58. The molecule has 0 aromatic rings. The van der Waals surface area contributed by atoms with Gasteiger partial charge >= 0.3 is 0 Å². The summed E-state index contributed by atoms with van der Waals surface area (Å²) in [5, 5.41) is 0. The minimum atomic E-state index is 0.0600. The van der Waals surface area contributed by atoms with Crippen LogP contribution in [0.25, 0.3) is 0 Å². The summed E-state index contributed by atoms with van der Waals surface area (Å²) in [6.45, 7) is 6.39. The van der Waals surface area contributed by atoms with Crippen molar-refractivity contribution in [3.8, 4) is 0 Å².